The number of amides is 2. The van der Waals surface area contributed by atoms with Crippen molar-refractivity contribution in [2.24, 2.45) is 5.41 Å². The Balaban J connectivity index is 1.43. The summed E-state index contributed by atoms with van der Waals surface area (Å²) in [5.41, 5.74) is 3.32. The first kappa shape index (κ1) is 17.5. The summed E-state index contributed by atoms with van der Waals surface area (Å²) in [5.74, 6) is 0.400. The third-order valence-electron chi connectivity index (χ3n) is 5.44. The van der Waals surface area contributed by atoms with E-state index in [1.165, 1.54) is 4.90 Å². The van der Waals surface area contributed by atoms with Crippen LogP contribution in [0, 0.1) is 19.3 Å². The van der Waals surface area contributed by atoms with Crippen LogP contribution in [-0.2, 0) is 11.3 Å². The molecule has 0 saturated heterocycles. The average Bonchev–Trinajstić information content (AvgIpc) is 3.34. The molecule has 8 nitrogen and oxygen atoms in total. The van der Waals surface area contributed by atoms with Gasteiger partial charge < -0.3 is 15.5 Å². The molecule has 1 fully saturated rings. The van der Waals surface area contributed by atoms with Crippen molar-refractivity contribution in [1.82, 2.24) is 20.1 Å². The molecule has 0 unspecified atom stereocenters. The number of carbonyl (C=O) groups is 2. The molecule has 2 aromatic heterocycles. The number of anilines is 2. The van der Waals surface area contributed by atoms with Crippen LogP contribution in [0.3, 0.4) is 0 Å². The van der Waals surface area contributed by atoms with Gasteiger partial charge in [-0.05, 0) is 38.8 Å². The molecule has 27 heavy (non-hydrogen) atoms. The highest BCUT2D eigenvalue weighted by Crippen LogP contribution is 2.46. The van der Waals surface area contributed by atoms with E-state index in [0.29, 0.717) is 23.6 Å². The van der Waals surface area contributed by atoms with E-state index in [-0.39, 0.29) is 23.8 Å². The number of pyridine rings is 1. The van der Waals surface area contributed by atoms with Gasteiger partial charge in [-0.25, -0.2) is 4.98 Å². The molecule has 2 aromatic rings. The Bertz CT molecular complexity index is 915. The molecule has 1 aliphatic heterocycles. The summed E-state index contributed by atoms with van der Waals surface area (Å²) >= 11 is 0. The van der Waals surface area contributed by atoms with Crippen molar-refractivity contribution < 1.29 is 9.59 Å². The van der Waals surface area contributed by atoms with Gasteiger partial charge in [0.15, 0.2) is 0 Å². The first-order valence-electron chi connectivity index (χ1n) is 9.17. The third-order valence-corrected chi connectivity index (χ3v) is 5.44. The summed E-state index contributed by atoms with van der Waals surface area (Å²) in [6.45, 7) is 5.69. The van der Waals surface area contributed by atoms with Crippen molar-refractivity contribution >= 4 is 23.3 Å². The maximum absolute atomic E-state index is 12.6. The highest BCUT2D eigenvalue weighted by Gasteiger charge is 2.43. The van der Waals surface area contributed by atoms with Gasteiger partial charge in [0.1, 0.15) is 5.82 Å². The lowest BCUT2D eigenvalue weighted by Crippen LogP contribution is -2.38. The van der Waals surface area contributed by atoms with Crippen LogP contribution in [0.15, 0.2) is 18.3 Å². The Labute approximate surface area is 158 Å². The number of nitrogens with one attached hydrogen (secondary N) is 2. The van der Waals surface area contributed by atoms with E-state index in [1.807, 2.05) is 11.6 Å². The second-order valence-corrected chi connectivity index (χ2v) is 7.67. The summed E-state index contributed by atoms with van der Waals surface area (Å²) in [6.07, 6.45) is 3.70. The molecule has 1 aliphatic carbocycles. The monoisotopic (exact) mass is 368 g/mol. The molecular weight excluding hydrogens is 344 g/mol. The summed E-state index contributed by atoms with van der Waals surface area (Å²) in [6, 6.07) is 3.78. The smallest absolute Gasteiger partial charge is 0.252 e. The van der Waals surface area contributed by atoms with E-state index in [2.05, 4.69) is 33.7 Å². The minimum absolute atomic E-state index is 0.0522. The lowest BCUT2D eigenvalue weighted by Gasteiger charge is -2.26. The highest BCUT2D eigenvalue weighted by molar-refractivity contribution is 6.03. The van der Waals surface area contributed by atoms with Crippen LogP contribution >= 0.6 is 0 Å². The Morgan fingerprint density at radius 2 is 2.11 bits per heavy atom. The van der Waals surface area contributed by atoms with Gasteiger partial charge in [-0.15, -0.1) is 0 Å². The van der Waals surface area contributed by atoms with Gasteiger partial charge in [-0.2, -0.15) is 5.10 Å². The number of likely N-dealkylation sites (N-methyl/N-ethyl adjacent to an activating group) is 1. The fourth-order valence-corrected chi connectivity index (χ4v) is 3.47. The van der Waals surface area contributed by atoms with Crippen LogP contribution < -0.4 is 15.5 Å². The summed E-state index contributed by atoms with van der Waals surface area (Å²) < 4.78 is 2.03. The van der Waals surface area contributed by atoms with E-state index in [9.17, 15) is 9.59 Å². The molecule has 0 radical (unpaired) electrons. The molecule has 0 atom stereocenters. The fourth-order valence-electron chi connectivity index (χ4n) is 3.47. The molecule has 142 valence electrons. The SMILES string of the molecule is Cc1cc(C)n(CC2(CNC(=O)c3cnc4c(c3)N(C)C(=O)CN4)CC2)n1. The van der Waals surface area contributed by atoms with Gasteiger partial charge in [0.05, 0.1) is 23.5 Å². The van der Waals surface area contributed by atoms with Crippen molar-refractivity contribution in [3.8, 4) is 0 Å². The van der Waals surface area contributed by atoms with Crippen LogP contribution in [0.2, 0.25) is 0 Å². The van der Waals surface area contributed by atoms with Crippen molar-refractivity contribution in [3.63, 3.8) is 0 Å². The molecule has 1 saturated carbocycles. The van der Waals surface area contributed by atoms with E-state index < -0.39 is 0 Å². The van der Waals surface area contributed by atoms with E-state index in [4.69, 9.17) is 0 Å². The normalized spacial score (nSPS) is 17.3. The van der Waals surface area contributed by atoms with E-state index in [0.717, 1.165) is 30.8 Å². The summed E-state index contributed by atoms with van der Waals surface area (Å²) in [4.78, 5) is 30.3. The van der Waals surface area contributed by atoms with Crippen LogP contribution in [0.4, 0.5) is 11.5 Å². The molecule has 4 rings (SSSR count). The number of aromatic nitrogens is 3. The first-order chi connectivity index (χ1) is 12.9. The third kappa shape index (κ3) is 3.39. The number of nitrogens with zero attached hydrogens (tertiary/aromatic N) is 4. The molecule has 0 aromatic carbocycles. The summed E-state index contributed by atoms with van der Waals surface area (Å²) in [5, 5.41) is 10.5. The van der Waals surface area contributed by atoms with E-state index in [1.54, 1.807) is 19.3 Å². The highest BCUT2D eigenvalue weighted by atomic mass is 16.2. The zero-order valence-electron chi connectivity index (χ0n) is 15.9. The van der Waals surface area contributed by atoms with Crippen LogP contribution in [0.25, 0.3) is 0 Å². The maximum atomic E-state index is 12.6. The molecule has 2 amide bonds. The molecule has 3 heterocycles. The zero-order chi connectivity index (χ0) is 19.2. The number of carbonyl (C=O) groups excluding carboxylic acids is 2. The standard InChI is InChI=1S/C19H24N6O2/c1-12-6-13(2)25(23-12)11-19(4-5-19)10-22-18(27)14-7-15-17(20-8-14)21-9-16(26)24(15)3/h6-8H,4-5,9-11H2,1-3H3,(H,20,21)(H,22,27). The Morgan fingerprint density at radius 1 is 1.33 bits per heavy atom. The number of rotatable bonds is 5. The van der Waals surface area contributed by atoms with Gasteiger partial charge in [0.25, 0.3) is 5.91 Å². The minimum Gasteiger partial charge on any atom is -0.359 e. The van der Waals surface area contributed by atoms with E-state index >= 15 is 0 Å². The fraction of sp³-hybridized carbons (Fsp3) is 0.474. The van der Waals surface area contributed by atoms with Crippen LogP contribution in [-0.4, -0.2) is 46.7 Å². The van der Waals surface area contributed by atoms with Gasteiger partial charge in [-0.3, -0.25) is 14.3 Å². The Morgan fingerprint density at radius 3 is 2.78 bits per heavy atom. The van der Waals surface area contributed by atoms with Gasteiger partial charge in [-0.1, -0.05) is 0 Å². The zero-order valence-corrected chi connectivity index (χ0v) is 15.9. The predicted octanol–water partition coefficient (Wildman–Crippen LogP) is 1.49. The number of hydrogen-bond donors (Lipinski definition) is 2. The second kappa shape index (κ2) is 6.37. The number of hydrogen-bond acceptors (Lipinski definition) is 5. The molecule has 2 N–H and O–H groups in total. The molecule has 2 aliphatic rings. The molecular formula is C19H24N6O2. The predicted molar refractivity (Wildman–Crippen MR) is 102 cm³/mol. The molecule has 0 bridgehead atoms. The van der Waals surface area contributed by atoms with Crippen molar-refractivity contribution in [2.75, 3.05) is 30.4 Å². The number of aryl methyl sites for hydroxylation is 2. The lowest BCUT2D eigenvalue weighted by molar-refractivity contribution is -0.116. The minimum atomic E-state index is -0.170. The Kier molecular flexibility index (Phi) is 4.13. The average molecular weight is 368 g/mol. The second-order valence-electron chi connectivity index (χ2n) is 7.67. The number of fused-ring (bicyclic) bond motifs is 1. The van der Waals surface area contributed by atoms with Gasteiger partial charge >= 0.3 is 0 Å². The topological polar surface area (TPSA) is 92.2 Å². The quantitative estimate of drug-likeness (QED) is 0.834. The van der Waals surface area contributed by atoms with Gasteiger partial charge in [0, 0.05) is 37.4 Å². The van der Waals surface area contributed by atoms with Crippen LogP contribution in [0.5, 0.6) is 0 Å². The summed E-state index contributed by atoms with van der Waals surface area (Å²) in [7, 11) is 1.69. The van der Waals surface area contributed by atoms with Crippen molar-refractivity contribution in [2.45, 2.75) is 33.2 Å². The molecule has 8 heteroatoms. The molecule has 0 spiro atoms. The maximum Gasteiger partial charge on any atom is 0.252 e. The van der Waals surface area contributed by atoms with Crippen molar-refractivity contribution in [1.29, 1.82) is 0 Å². The largest absolute Gasteiger partial charge is 0.359 e. The lowest BCUT2D eigenvalue weighted by atomic mass is 10.1. The van der Waals surface area contributed by atoms with Gasteiger partial charge in [0.2, 0.25) is 5.91 Å². The Hall–Kier alpha value is -2.90. The first-order valence-corrected chi connectivity index (χ1v) is 9.17. The van der Waals surface area contributed by atoms with Crippen molar-refractivity contribution in [3.05, 3.63) is 35.3 Å². The van der Waals surface area contributed by atoms with Crippen LogP contribution in [0.1, 0.15) is 34.6 Å².